The lowest BCUT2D eigenvalue weighted by Gasteiger charge is -2.10. The van der Waals surface area contributed by atoms with E-state index in [4.69, 9.17) is 0 Å². The molecule has 0 atom stereocenters. The maximum Gasteiger partial charge on any atom is 0.253 e. The van der Waals surface area contributed by atoms with E-state index in [0.29, 0.717) is 29.1 Å². The summed E-state index contributed by atoms with van der Waals surface area (Å²) in [5.41, 5.74) is 3.15. The Bertz CT molecular complexity index is 949. The van der Waals surface area contributed by atoms with Crippen molar-refractivity contribution in [2.24, 2.45) is 0 Å². The molecule has 0 saturated heterocycles. The Balaban J connectivity index is 1.78. The van der Waals surface area contributed by atoms with Crippen LogP contribution in [-0.2, 0) is 6.42 Å². The maximum atomic E-state index is 11.9. The number of phenolic OH excluding ortho intramolecular Hbond substituents is 2. The van der Waals surface area contributed by atoms with E-state index in [0.717, 1.165) is 12.1 Å². The summed E-state index contributed by atoms with van der Waals surface area (Å²) in [6.07, 6.45) is 2.31. The number of fused-ring (bicyclic) bond motifs is 1. The van der Waals surface area contributed by atoms with Gasteiger partial charge in [-0.15, -0.1) is 0 Å². The Morgan fingerprint density at radius 2 is 1.96 bits per heavy atom. The van der Waals surface area contributed by atoms with E-state index in [-0.39, 0.29) is 23.2 Å². The highest BCUT2D eigenvalue weighted by Gasteiger charge is 2.20. The lowest BCUT2D eigenvalue weighted by atomic mass is 10.1. The van der Waals surface area contributed by atoms with Gasteiger partial charge in [-0.1, -0.05) is 0 Å². The molecule has 7 heteroatoms. The van der Waals surface area contributed by atoms with Crippen molar-refractivity contribution in [2.45, 2.75) is 6.42 Å². The average Bonchev–Trinajstić information content (AvgIpc) is 3.03. The number of aromatic nitrogens is 3. The average molecular weight is 322 g/mol. The first-order valence-corrected chi connectivity index (χ1v) is 7.47. The summed E-state index contributed by atoms with van der Waals surface area (Å²) in [5, 5.41) is 22.4. The number of aromatic amines is 1. The van der Waals surface area contributed by atoms with E-state index in [1.165, 1.54) is 18.2 Å². The number of carbonyl (C=O) groups is 1. The summed E-state index contributed by atoms with van der Waals surface area (Å²) in [4.78, 5) is 23.7. The largest absolute Gasteiger partial charge is 0.508 e. The van der Waals surface area contributed by atoms with E-state index in [9.17, 15) is 15.0 Å². The minimum absolute atomic E-state index is 0.0174. The first-order valence-electron chi connectivity index (χ1n) is 7.47. The van der Waals surface area contributed by atoms with Crippen LogP contribution in [0.3, 0.4) is 0 Å². The molecule has 1 aliphatic heterocycles. The van der Waals surface area contributed by atoms with Crippen LogP contribution in [0, 0.1) is 0 Å². The van der Waals surface area contributed by atoms with Gasteiger partial charge < -0.3 is 20.5 Å². The van der Waals surface area contributed by atoms with Gasteiger partial charge in [0.05, 0.1) is 22.5 Å². The quantitative estimate of drug-likeness (QED) is 0.538. The molecular formula is C17H14N4O3. The standard InChI is InChI=1S/C17H14N4O3/c22-9-1-2-15(23)11(7-9)16-18-5-4-13(21-16)14-8-10-12(20-14)3-6-19-17(10)24/h1-2,4-5,7-8,20,22-23H,3,6H2,(H,19,24). The van der Waals surface area contributed by atoms with Crippen molar-refractivity contribution in [1.82, 2.24) is 20.3 Å². The van der Waals surface area contributed by atoms with Crippen LogP contribution in [0.1, 0.15) is 16.1 Å². The monoisotopic (exact) mass is 322 g/mol. The molecule has 2 aromatic heterocycles. The van der Waals surface area contributed by atoms with Gasteiger partial charge in [-0.05, 0) is 30.3 Å². The maximum absolute atomic E-state index is 11.9. The van der Waals surface area contributed by atoms with Crippen LogP contribution in [0.25, 0.3) is 22.8 Å². The number of rotatable bonds is 2. The lowest BCUT2D eigenvalue weighted by Crippen LogP contribution is -2.31. The van der Waals surface area contributed by atoms with Crippen molar-refractivity contribution >= 4 is 5.91 Å². The van der Waals surface area contributed by atoms with Gasteiger partial charge in [-0.3, -0.25) is 4.79 Å². The van der Waals surface area contributed by atoms with E-state index >= 15 is 0 Å². The number of phenols is 2. The van der Waals surface area contributed by atoms with Crippen LogP contribution >= 0.6 is 0 Å². The van der Waals surface area contributed by atoms with Gasteiger partial charge in [0.15, 0.2) is 5.82 Å². The number of hydrogen-bond acceptors (Lipinski definition) is 5. The van der Waals surface area contributed by atoms with Gasteiger partial charge in [0.25, 0.3) is 5.91 Å². The molecule has 4 N–H and O–H groups in total. The van der Waals surface area contributed by atoms with Crippen molar-refractivity contribution in [3.05, 3.63) is 47.8 Å². The highest BCUT2D eigenvalue weighted by molar-refractivity contribution is 5.97. The van der Waals surface area contributed by atoms with Crippen molar-refractivity contribution in [1.29, 1.82) is 0 Å². The van der Waals surface area contributed by atoms with E-state index in [1.807, 2.05) is 0 Å². The molecule has 0 radical (unpaired) electrons. The predicted octanol–water partition coefficient (Wildman–Crippen LogP) is 1.84. The second-order valence-corrected chi connectivity index (χ2v) is 5.55. The van der Waals surface area contributed by atoms with Crippen LogP contribution in [-0.4, -0.2) is 37.6 Å². The lowest BCUT2D eigenvalue weighted by molar-refractivity contribution is 0.0946. The number of nitrogens with zero attached hydrogens (tertiary/aromatic N) is 2. The Kier molecular flexibility index (Phi) is 3.19. The van der Waals surface area contributed by atoms with Crippen molar-refractivity contribution < 1.29 is 15.0 Å². The zero-order chi connectivity index (χ0) is 16.7. The Morgan fingerprint density at radius 1 is 1.08 bits per heavy atom. The summed E-state index contributed by atoms with van der Waals surface area (Å²) in [5.74, 6) is 0.190. The minimum Gasteiger partial charge on any atom is -0.508 e. The van der Waals surface area contributed by atoms with Crippen LogP contribution in [0.2, 0.25) is 0 Å². The molecule has 0 saturated carbocycles. The van der Waals surface area contributed by atoms with Crippen molar-refractivity contribution in [3.63, 3.8) is 0 Å². The third-order valence-electron chi connectivity index (χ3n) is 3.96. The number of carbonyl (C=O) groups excluding carboxylic acids is 1. The summed E-state index contributed by atoms with van der Waals surface area (Å²) >= 11 is 0. The molecule has 1 aliphatic rings. The Morgan fingerprint density at radius 3 is 2.79 bits per heavy atom. The minimum atomic E-state index is -0.0985. The zero-order valence-electron chi connectivity index (χ0n) is 12.6. The van der Waals surface area contributed by atoms with Crippen molar-refractivity contribution in [3.8, 4) is 34.3 Å². The molecular weight excluding hydrogens is 308 g/mol. The van der Waals surface area contributed by atoms with Gasteiger partial charge in [0.1, 0.15) is 11.5 Å². The number of benzene rings is 1. The zero-order valence-corrected chi connectivity index (χ0v) is 12.6. The molecule has 1 aromatic carbocycles. The molecule has 0 unspecified atom stereocenters. The van der Waals surface area contributed by atoms with E-state index in [2.05, 4.69) is 20.3 Å². The molecule has 3 heterocycles. The van der Waals surface area contributed by atoms with E-state index in [1.54, 1.807) is 18.3 Å². The normalized spacial score (nSPS) is 13.4. The molecule has 120 valence electrons. The van der Waals surface area contributed by atoms with Crippen LogP contribution in [0.4, 0.5) is 0 Å². The first-order chi connectivity index (χ1) is 11.6. The van der Waals surface area contributed by atoms with Gasteiger partial charge in [-0.2, -0.15) is 0 Å². The fraction of sp³-hybridized carbons (Fsp3) is 0.118. The van der Waals surface area contributed by atoms with Crippen LogP contribution in [0.5, 0.6) is 11.5 Å². The molecule has 0 aliphatic carbocycles. The molecule has 0 bridgehead atoms. The van der Waals surface area contributed by atoms with Crippen LogP contribution < -0.4 is 5.32 Å². The number of amides is 1. The summed E-state index contributed by atoms with van der Waals surface area (Å²) < 4.78 is 0. The second-order valence-electron chi connectivity index (χ2n) is 5.55. The van der Waals surface area contributed by atoms with Gasteiger partial charge >= 0.3 is 0 Å². The Labute approximate surface area is 137 Å². The number of nitrogens with one attached hydrogen (secondary N) is 2. The molecule has 3 aromatic rings. The van der Waals surface area contributed by atoms with Gasteiger partial charge in [-0.25, -0.2) is 9.97 Å². The number of aromatic hydroxyl groups is 2. The molecule has 1 amide bonds. The molecule has 0 spiro atoms. The highest BCUT2D eigenvalue weighted by Crippen LogP contribution is 2.31. The second kappa shape index (κ2) is 5.38. The molecule has 24 heavy (non-hydrogen) atoms. The third kappa shape index (κ3) is 2.36. The number of H-pyrrole nitrogens is 1. The fourth-order valence-corrected chi connectivity index (χ4v) is 2.77. The Hall–Kier alpha value is -3.35. The summed E-state index contributed by atoms with van der Waals surface area (Å²) in [7, 11) is 0. The van der Waals surface area contributed by atoms with Gasteiger partial charge in [0.2, 0.25) is 0 Å². The van der Waals surface area contributed by atoms with E-state index < -0.39 is 0 Å². The fourth-order valence-electron chi connectivity index (χ4n) is 2.77. The summed E-state index contributed by atoms with van der Waals surface area (Å²) in [6, 6.07) is 7.66. The van der Waals surface area contributed by atoms with Gasteiger partial charge in [0, 0.05) is 24.9 Å². The smallest absolute Gasteiger partial charge is 0.253 e. The summed E-state index contributed by atoms with van der Waals surface area (Å²) in [6.45, 7) is 0.609. The molecule has 7 nitrogen and oxygen atoms in total. The molecule has 4 rings (SSSR count). The first kappa shape index (κ1) is 14.3. The highest BCUT2D eigenvalue weighted by atomic mass is 16.3. The number of hydrogen-bond donors (Lipinski definition) is 4. The molecule has 0 fully saturated rings. The third-order valence-corrected chi connectivity index (χ3v) is 3.96. The SMILES string of the molecule is O=C1NCCc2[nH]c(-c3ccnc(-c4cc(O)ccc4O)n3)cc21. The predicted molar refractivity (Wildman–Crippen MR) is 86.6 cm³/mol. The topological polar surface area (TPSA) is 111 Å². The van der Waals surface area contributed by atoms with Crippen molar-refractivity contribution in [2.75, 3.05) is 6.54 Å². The van der Waals surface area contributed by atoms with Crippen LogP contribution in [0.15, 0.2) is 36.5 Å².